The number of hydrogen-bond donors (Lipinski definition) is 7. The van der Waals surface area contributed by atoms with Gasteiger partial charge in [-0.1, -0.05) is 24.3 Å². The topological polar surface area (TPSA) is 351 Å². The van der Waals surface area contributed by atoms with Crippen molar-refractivity contribution in [2.24, 2.45) is 17.6 Å². The number of nitrogens with zero attached hydrogens (tertiary/aromatic N) is 2. The summed E-state index contributed by atoms with van der Waals surface area (Å²) in [5.41, 5.74) is 1.25. The van der Waals surface area contributed by atoms with Gasteiger partial charge in [0.25, 0.3) is 23.6 Å². The van der Waals surface area contributed by atoms with E-state index in [4.69, 9.17) is 137 Å². The third kappa shape index (κ3) is 31.3. The Kier molecular flexibility index (Phi) is 43.4. The molecule has 4 amide bonds. The van der Waals surface area contributed by atoms with Crippen LogP contribution in [0.4, 0.5) is 0 Å². The van der Waals surface area contributed by atoms with Crippen molar-refractivity contribution < 1.29 is 96.7 Å². The van der Waals surface area contributed by atoms with Crippen LogP contribution in [-0.4, -0.2) is 246 Å². The molecule has 6 atom stereocenters. The van der Waals surface area contributed by atoms with Crippen molar-refractivity contribution in [3.05, 3.63) is 70.8 Å². The number of halogens is 5. The van der Waals surface area contributed by atoms with Crippen LogP contribution in [0, 0.1) is 0 Å². The smallest absolute Gasteiger partial charge is 0.285 e. The Morgan fingerprint density at radius 3 is 1.30 bits per heavy atom. The Morgan fingerprint density at radius 1 is 0.566 bits per heavy atom. The fraction of sp³-hybridized carbons (Fsp3) is 0.652. The number of benzene rings is 2. The first-order valence-electron chi connectivity index (χ1n) is 23.5. The first kappa shape index (κ1) is 71.4. The van der Waals surface area contributed by atoms with E-state index in [1.807, 2.05) is 0 Å². The second-order valence-electron chi connectivity index (χ2n) is 15.2. The summed E-state index contributed by atoms with van der Waals surface area (Å²) in [6.45, 7) is 9.73. The van der Waals surface area contributed by atoms with Crippen molar-refractivity contribution in [3.63, 3.8) is 0 Å². The second kappa shape index (κ2) is 46.2. The molecule has 0 radical (unpaired) electrons. The molecule has 25 nitrogen and oxygen atoms in total. The first-order valence-corrected chi connectivity index (χ1v) is 26.2. The molecule has 9 rings (SSSR count). The molecule has 7 heterocycles. The highest BCUT2D eigenvalue weighted by molar-refractivity contribution is 6.21. The summed E-state index contributed by atoms with van der Waals surface area (Å²) in [6, 6.07) is 12.9. The van der Waals surface area contributed by atoms with Gasteiger partial charge in [0.15, 0.2) is 0 Å². The number of carbonyl (C=O) groups excluding carboxylic acids is 4. The lowest BCUT2D eigenvalue weighted by Crippen LogP contribution is -2.38. The van der Waals surface area contributed by atoms with Crippen molar-refractivity contribution >= 4 is 81.6 Å². The molecule has 10 N–H and O–H groups in total. The molecular weight excluding hydrogens is 1120 g/mol. The number of hydroxylamine groups is 4. The van der Waals surface area contributed by atoms with Crippen LogP contribution in [0.3, 0.4) is 0 Å². The van der Waals surface area contributed by atoms with E-state index >= 15 is 0 Å². The number of alkyl halides is 5. The summed E-state index contributed by atoms with van der Waals surface area (Å²) in [5, 5.41) is 34.9. The molecule has 2 aromatic carbocycles. The minimum Gasteiger partial charge on any atom is -0.395 e. The van der Waals surface area contributed by atoms with E-state index in [-0.39, 0.29) is 66.8 Å². The number of imide groups is 2. The molecule has 5 fully saturated rings. The van der Waals surface area contributed by atoms with Crippen molar-refractivity contribution in [2.45, 2.75) is 36.6 Å². The lowest BCUT2D eigenvalue weighted by atomic mass is 10.1. The maximum atomic E-state index is 12.0. The van der Waals surface area contributed by atoms with Gasteiger partial charge in [0, 0.05) is 17.6 Å². The standard InChI is InChI=1S/C13H13NO5.C8H5NO3.C5H10Cl2O2.C5H9ClO2.C5H11NO3.C5H10O3.C3H5ClO.C2H5ClO.H4N2/c15-12-10-3-1-2-4-11(10)13(16)14(12)19-8-9-7-17-5-6-18-9;10-7-5-3-1-2-4-6(5)8(11)9(7)12;6-1-2-9-4-5(8)3-7;6-1-2-7-3-5-4-8-5;6-9-4-5-3-7-1-2-8-5;6-3-5-4-7-1-2-8-5;4-1-3-2-5-3;3-1-2-4;1-2/h1-4,9H,5-8H2;1-4,12H;5,8H,1-4H2;5H,1-4H2;5H,1-4,6H2;5-6H,1-4H2;3H,1-2H2;4H,1-2H2;1-2H2/t9-;;4*5-;3-;;/m1.01100../s1. The molecule has 436 valence electrons. The average molecular weight is 1190 g/mol. The molecule has 5 saturated heterocycles. The van der Waals surface area contributed by atoms with Crippen molar-refractivity contribution in [1.82, 2.24) is 10.1 Å². The number of rotatable bonds is 17. The molecule has 0 unspecified atom stereocenters. The lowest BCUT2D eigenvalue weighted by Gasteiger charge is -2.24. The summed E-state index contributed by atoms with van der Waals surface area (Å²) in [5.74, 6) is 12.9. The van der Waals surface area contributed by atoms with Crippen LogP contribution in [-0.2, 0) is 57.0 Å². The maximum Gasteiger partial charge on any atom is 0.285 e. The van der Waals surface area contributed by atoms with Gasteiger partial charge in [-0.3, -0.25) is 40.9 Å². The molecule has 7 aliphatic rings. The Bertz CT molecular complexity index is 1750. The monoisotopic (exact) mass is 1190 g/mol. The third-order valence-electron chi connectivity index (χ3n) is 9.36. The Morgan fingerprint density at radius 2 is 0.974 bits per heavy atom. The molecule has 7 aliphatic heterocycles. The molecule has 0 aromatic heterocycles. The zero-order chi connectivity index (χ0) is 56.4. The molecule has 30 heteroatoms. The van der Waals surface area contributed by atoms with E-state index in [1.54, 1.807) is 36.4 Å². The minimum absolute atomic E-state index is 0.0312. The molecule has 76 heavy (non-hydrogen) atoms. The fourth-order valence-corrected chi connectivity index (χ4v) is 6.03. The highest BCUT2D eigenvalue weighted by atomic mass is 35.5. The Hall–Kier alpha value is -2.59. The number of carbonyl (C=O) groups is 4. The van der Waals surface area contributed by atoms with E-state index in [9.17, 15) is 19.2 Å². The van der Waals surface area contributed by atoms with Crippen molar-refractivity contribution in [3.8, 4) is 0 Å². The number of aliphatic hydroxyl groups excluding tert-OH is 3. The molecule has 2 aromatic rings. The average Bonchev–Trinajstić information content (AvgIpc) is 4.44. The van der Waals surface area contributed by atoms with Crippen LogP contribution in [0.25, 0.3) is 0 Å². The number of fused-ring (bicyclic) bond motifs is 2. The molecule has 0 aliphatic carbocycles. The van der Waals surface area contributed by atoms with Gasteiger partial charge in [-0.25, -0.2) is 5.90 Å². The number of aliphatic hydroxyl groups is 3. The second-order valence-corrected chi connectivity index (χ2v) is 17.0. The first-order chi connectivity index (χ1) is 36.9. The van der Waals surface area contributed by atoms with Gasteiger partial charge in [-0.05, 0) is 24.3 Å². The van der Waals surface area contributed by atoms with Gasteiger partial charge in [-0.2, -0.15) is 0 Å². The SMILES string of the molecule is ClCCOC[C@@H]1CO1.ClC[C@H]1CO1.NN.NOC[C@H]1COCCO1.O=C1c2ccccc2C(=O)N1O.O=C1c2ccccc2C(=O)N1OC[C@H]1COCCO1.OCCCl.OC[C@H]1COCCO1.O[C@@H](CCl)COCCCl. The summed E-state index contributed by atoms with van der Waals surface area (Å²) in [4.78, 5) is 55.8. The normalized spacial score (nSPS) is 21.7. The van der Waals surface area contributed by atoms with E-state index < -0.39 is 29.7 Å². The number of amides is 4. The minimum atomic E-state index is -0.657. The predicted molar refractivity (Wildman–Crippen MR) is 277 cm³/mol. The molecule has 0 spiro atoms. The summed E-state index contributed by atoms with van der Waals surface area (Å²) in [6.07, 6.45) is -0.0877. The Labute approximate surface area is 466 Å². The van der Waals surface area contributed by atoms with Crippen molar-refractivity contribution in [2.75, 3.05) is 155 Å². The number of ether oxygens (including phenoxy) is 10. The summed E-state index contributed by atoms with van der Waals surface area (Å²) >= 11 is 26.1. The van der Waals surface area contributed by atoms with Gasteiger partial charge in [0.05, 0.1) is 165 Å². The number of hydrazine groups is 1. The van der Waals surface area contributed by atoms with E-state index in [0.29, 0.717) is 133 Å². The van der Waals surface area contributed by atoms with Gasteiger partial charge < -0.3 is 67.5 Å². The number of nitrogens with two attached hydrogens (primary N) is 3. The van der Waals surface area contributed by atoms with Crippen LogP contribution < -0.4 is 17.6 Å². The Balaban J connectivity index is 0.000000451. The highest BCUT2D eigenvalue weighted by Gasteiger charge is 2.37. The summed E-state index contributed by atoms with van der Waals surface area (Å²) < 4.78 is 50.4. The van der Waals surface area contributed by atoms with E-state index in [1.165, 1.54) is 12.1 Å². The predicted octanol–water partition coefficient (Wildman–Crippen LogP) is 1.13. The summed E-state index contributed by atoms with van der Waals surface area (Å²) in [7, 11) is 0. The fourth-order valence-electron chi connectivity index (χ4n) is 5.54. The zero-order valence-corrected chi connectivity index (χ0v) is 45.7. The van der Waals surface area contributed by atoms with Crippen LogP contribution in [0.15, 0.2) is 48.5 Å². The van der Waals surface area contributed by atoms with Crippen LogP contribution >= 0.6 is 58.0 Å². The quantitative estimate of drug-likeness (QED) is 0.0222. The largest absolute Gasteiger partial charge is 0.395 e. The molecule has 0 bridgehead atoms. The van der Waals surface area contributed by atoms with Crippen LogP contribution in [0.5, 0.6) is 0 Å². The maximum absolute atomic E-state index is 12.0. The van der Waals surface area contributed by atoms with Crippen LogP contribution in [0.1, 0.15) is 41.4 Å². The molecule has 0 saturated carbocycles. The van der Waals surface area contributed by atoms with Gasteiger partial charge in [-0.15, -0.1) is 68.1 Å². The zero-order valence-electron chi connectivity index (χ0n) is 41.9. The highest BCUT2D eigenvalue weighted by Crippen LogP contribution is 2.23. The van der Waals surface area contributed by atoms with Crippen LogP contribution in [0.2, 0.25) is 0 Å². The van der Waals surface area contributed by atoms with E-state index in [0.717, 1.165) is 18.3 Å². The van der Waals surface area contributed by atoms with E-state index in [2.05, 4.69) is 16.5 Å². The third-order valence-corrected chi connectivity index (χ3v) is 10.5. The number of hydrogen-bond acceptors (Lipinski definition) is 23. The molecular formula is C46H72Cl5N5O20. The van der Waals surface area contributed by atoms with Gasteiger partial charge in [0.1, 0.15) is 31.0 Å². The van der Waals surface area contributed by atoms with Gasteiger partial charge in [0.2, 0.25) is 0 Å². The lowest BCUT2D eigenvalue weighted by molar-refractivity contribution is -0.162. The van der Waals surface area contributed by atoms with Gasteiger partial charge >= 0.3 is 0 Å². The number of epoxide rings is 2. The van der Waals surface area contributed by atoms with Crippen molar-refractivity contribution in [1.29, 1.82) is 0 Å².